The molecule has 1 amide bonds. The molecule has 0 aliphatic carbocycles. The number of nitrogens with two attached hydrogens (primary N) is 1. The van der Waals surface area contributed by atoms with Crippen LogP contribution in [0.2, 0.25) is 5.02 Å². The monoisotopic (exact) mass is 699 g/mol. The summed E-state index contributed by atoms with van der Waals surface area (Å²) >= 11 is 5.96. The highest BCUT2D eigenvalue weighted by molar-refractivity contribution is 7.48. The topological polar surface area (TPSA) is 176 Å². The molecule has 0 radical (unpaired) electrons. The largest absolute Gasteiger partial charge is 0.530 e. The number of phosphoric acid groups is 1. The zero-order valence-corrected chi connectivity index (χ0v) is 28.9. The SMILES string of the molecule is CCCCCCCC/C=C\CCCCCCCCOP(=O)(OC[C@H]1O[C@@H](n2cnc(C(N)=O)c2O)[C@H](O)[C@@H]1O)Oc1ccc(Cl)cc1. The third-order valence-corrected chi connectivity index (χ3v) is 9.60. The van der Waals surface area contributed by atoms with E-state index in [1.807, 2.05) is 0 Å². The first kappa shape index (κ1) is 39.0. The highest BCUT2D eigenvalue weighted by atomic mass is 35.5. The van der Waals surface area contributed by atoms with Crippen molar-refractivity contribution in [1.82, 2.24) is 9.55 Å². The third kappa shape index (κ3) is 13.2. The Morgan fingerprint density at radius 2 is 1.55 bits per heavy atom. The highest BCUT2D eigenvalue weighted by Gasteiger charge is 2.46. The minimum absolute atomic E-state index is 0.115. The van der Waals surface area contributed by atoms with Gasteiger partial charge in [0.2, 0.25) is 5.88 Å². The zero-order valence-electron chi connectivity index (χ0n) is 27.3. The lowest BCUT2D eigenvalue weighted by Gasteiger charge is -2.21. The Kier molecular flexibility index (Phi) is 17.3. The van der Waals surface area contributed by atoms with Crippen molar-refractivity contribution in [2.75, 3.05) is 13.2 Å². The summed E-state index contributed by atoms with van der Waals surface area (Å²) in [6.07, 6.45) is 16.3. The summed E-state index contributed by atoms with van der Waals surface area (Å²) in [5.41, 5.74) is 4.77. The van der Waals surface area contributed by atoms with Crippen LogP contribution < -0.4 is 10.3 Å². The second-order valence-electron chi connectivity index (χ2n) is 11.8. The normalized spacial score (nSPS) is 20.9. The molecule has 5 atom stereocenters. The summed E-state index contributed by atoms with van der Waals surface area (Å²) < 4.78 is 37.1. The number of carbonyl (C=O) groups is 1. The number of amides is 1. The molecular weight excluding hydrogens is 649 g/mol. The molecule has 1 aliphatic heterocycles. The second kappa shape index (κ2) is 20.8. The smallest absolute Gasteiger partial charge is 0.493 e. The number of imidazole rings is 1. The summed E-state index contributed by atoms with van der Waals surface area (Å²) in [7, 11) is -4.21. The number of ether oxygens (including phenoxy) is 1. The van der Waals surface area contributed by atoms with Crippen molar-refractivity contribution in [2.24, 2.45) is 5.73 Å². The molecule has 1 fully saturated rings. The van der Waals surface area contributed by atoms with Crippen LogP contribution in [0.1, 0.15) is 114 Å². The van der Waals surface area contributed by atoms with Crippen molar-refractivity contribution < 1.29 is 43.0 Å². The van der Waals surface area contributed by atoms with Gasteiger partial charge in [-0.05, 0) is 56.4 Å². The Balaban J connectivity index is 1.41. The number of halogens is 1. The molecule has 2 aromatic rings. The maximum Gasteiger partial charge on any atom is 0.530 e. The average molecular weight is 700 g/mol. The molecule has 0 bridgehead atoms. The van der Waals surface area contributed by atoms with Crippen molar-refractivity contribution in [2.45, 2.75) is 121 Å². The van der Waals surface area contributed by atoms with E-state index in [2.05, 4.69) is 24.1 Å². The summed E-state index contributed by atoms with van der Waals surface area (Å²) in [5, 5.41) is 31.9. The molecule has 12 nitrogen and oxygen atoms in total. The summed E-state index contributed by atoms with van der Waals surface area (Å²) in [5.74, 6) is -1.41. The van der Waals surface area contributed by atoms with Crippen LogP contribution in [0.4, 0.5) is 0 Å². The Morgan fingerprint density at radius 3 is 2.15 bits per heavy atom. The highest BCUT2D eigenvalue weighted by Crippen LogP contribution is 2.50. The van der Waals surface area contributed by atoms with E-state index in [-0.39, 0.29) is 12.4 Å². The minimum atomic E-state index is -4.21. The molecule has 0 saturated carbocycles. The van der Waals surface area contributed by atoms with Gasteiger partial charge in [0.25, 0.3) is 5.91 Å². The van der Waals surface area contributed by atoms with E-state index in [1.54, 1.807) is 12.1 Å². The molecule has 3 rings (SSSR count). The molecule has 1 saturated heterocycles. The molecule has 5 N–H and O–H groups in total. The van der Waals surface area contributed by atoms with Gasteiger partial charge < -0.3 is 30.3 Å². The van der Waals surface area contributed by atoms with Crippen LogP contribution in [0, 0.1) is 0 Å². The van der Waals surface area contributed by atoms with E-state index in [0.717, 1.165) is 43.0 Å². The molecule has 1 aliphatic rings. The fourth-order valence-corrected chi connectivity index (χ4v) is 6.58. The average Bonchev–Trinajstić information content (AvgIpc) is 3.57. The van der Waals surface area contributed by atoms with Gasteiger partial charge in [0.15, 0.2) is 11.9 Å². The van der Waals surface area contributed by atoms with Crippen LogP contribution in [0.15, 0.2) is 42.7 Å². The van der Waals surface area contributed by atoms with Gasteiger partial charge in [-0.25, -0.2) is 9.55 Å². The van der Waals surface area contributed by atoms with Crippen molar-refractivity contribution in [3.63, 3.8) is 0 Å². The van der Waals surface area contributed by atoms with Gasteiger partial charge in [0.1, 0.15) is 30.4 Å². The lowest BCUT2D eigenvalue weighted by atomic mass is 10.1. The lowest BCUT2D eigenvalue weighted by Crippen LogP contribution is -2.33. The van der Waals surface area contributed by atoms with E-state index in [4.69, 9.17) is 35.6 Å². The number of rotatable bonds is 24. The van der Waals surface area contributed by atoms with Gasteiger partial charge in [-0.1, -0.05) is 88.5 Å². The number of aliphatic hydroxyl groups excluding tert-OH is 2. The Morgan fingerprint density at radius 1 is 0.957 bits per heavy atom. The van der Waals surface area contributed by atoms with Gasteiger partial charge in [0, 0.05) is 5.02 Å². The number of allylic oxidation sites excluding steroid dienone is 2. The van der Waals surface area contributed by atoms with Crippen molar-refractivity contribution >= 4 is 25.3 Å². The summed E-state index contributed by atoms with van der Waals surface area (Å²) in [6.45, 7) is 1.88. The predicted molar refractivity (Wildman–Crippen MR) is 179 cm³/mol. The van der Waals surface area contributed by atoms with Gasteiger partial charge in [-0.2, -0.15) is 0 Å². The van der Waals surface area contributed by atoms with Crippen LogP contribution in [-0.2, 0) is 18.3 Å². The Labute approximate surface area is 282 Å². The molecule has 47 heavy (non-hydrogen) atoms. The Hall–Kier alpha value is -2.44. The van der Waals surface area contributed by atoms with Crippen molar-refractivity contribution in [3.05, 3.63) is 53.5 Å². The first-order chi connectivity index (χ1) is 22.6. The van der Waals surface area contributed by atoms with E-state index in [1.165, 1.54) is 63.5 Å². The summed E-state index contributed by atoms with van der Waals surface area (Å²) in [4.78, 5) is 15.2. The van der Waals surface area contributed by atoms with Crippen molar-refractivity contribution in [3.8, 4) is 11.6 Å². The van der Waals surface area contributed by atoms with Gasteiger partial charge in [-0.3, -0.25) is 18.4 Å². The molecule has 2 heterocycles. The van der Waals surface area contributed by atoms with Crippen LogP contribution >= 0.6 is 19.4 Å². The molecule has 1 aromatic heterocycles. The maximum atomic E-state index is 13.6. The standard InChI is InChI=1S/C33H51ClN3O9P/c1-2-3-4-5-6-7-8-9-10-11-12-13-14-15-16-17-22-43-47(42,46-26-20-18-25(34)19-21-26)44-23-27-29(38)30(39)33(45-27)37-24-36-28(31(35)40)32(37)41/h9-10,18-21,24,27,29-30,33,38-39,41H,2-8,11-17,22-23H2,1H3,(H2,35,40)/b10-9-/t27-,29-,30-,33-,47?/m1/s1. The first-order valence-electron chi connectivity index (χ1n) is 16.7. The number of primary amides is 1. The molecule has 1 unspecified atom stereocenters. The number of benzene rings is 1. The van der Waals surface area contributed by atoms with E-state index in [9.17, 15) is 24.7 Å². The molecule has 264 valence electrons. The maximum absolute atomic E-state index is 13.6. The lowest BCUT2D eigenvalue weighted by molar-refractivity contribution is -0.0552. The predicted octanol–water partition coefficient (Wildman–Crippen LogP) is 7.22. The zero-order chi connectivity index (χ0) is 34.1. The number of hydrogen-bond donors (Lipinski definition) is 4. The van der Waals surface area contributed by atoms with Gasteiger partial charge in [-0.15, -0.1) is 0 Å². The molecule has 1 aromatic carbocycles. The third-order valence-electron chi connectivity index (χ3n) is 7.95. The number of aromatic nitrogens is 2. The summed E-state index contributed by atoms with van der Waals surface area (Å²) in [6, 6.07) is 6.17. The van der Waals surface area contributed by atoms with E-state index >= 15 is 0 Å². The van der Waals surface area contributed by atoms with Crippen LogP contribution in [0.25, 0.3) is 0 Å². The first-order valence-corrected chi connectivity index (χ1v) is 18.6. The van der Waals surface area contributed by atoms with Crippen LogP contribution in [0.5, 0.6) is 11.6 Å². The van der Waals surface area contributed by atoms with Crippen LogP contribution in [0.3, 0.4) is 0 Å². The number of phosphoric ester groups is 1. The number of hydrogen-bond acceptors (Lipinski definition) is 10. The molecule has 14 heteroatoms. The quantitative estimate of drug-likeness (QED) is 0.0497. The molecular formula is C33H51ClN3O9P. The van der Waals surface area contributed by atoms with Crippen molar-refractivity contribution in [1.29, 1.82) is 0 Å². The van der Waals surface area contributed by atoms with E-state index in [0.29, 0.717) is 11.4 Å². The number of aromatic hydroxyl groups is 1. The molecule has 0 spiro atoms. The number of unbranched alkanes of at least 4 members (excludes halogenated alkanes) is 12. The van der Waals surface area contributed by atoms with Gasteiger partial charge >= 0.3 is 7.82 Å². The Bertz CT molecular complexity index is 1280. The fraction of sp³-hybridized carbons (Fsp3) is 0.636. The van der Waals surface area contributed by atoms with Gasteiger partial charge in [0.05, 0.1) is 13.2 Å². The minimum Gasteiger partial charge on any atom is -0.493 e. The number of carbonyl (C=O) groups excluding carboxylic acids is 1. The number of nitrogens with zero attached hydrogens (tertiary/aromatic N) is 2. The second-order valence-corrected chi connectivity index (χ2v) is 13.8. The number of aliphatic hydroxyl groups is 2. The fourth-order valence-electron chi connectivity index (χ4n) is 5.22. The van der Waals surface area contributed by atoms with E-state index < -0.39 is 56.5 Å². The van der Waals surface area contributed by atoms with Crippen LogP contribution in [-0.4, -0.2) is 62.3 Å².